The van der Waals surface area contributed by atoms with E-state index in [1.165, 1.54) is 0 Å². The molecule has 0 rings (SSSR count). The molecule has 14 heavy (non-hydrogen) atoms. The van der Waals surface area contributed by atoms with Gasteiger partial charge in [-0.25, -0.2) is 8.42 Å². The summed E-state index contributed by atoms with van der Waals surface area (Å²) < 4.78 is 20.6. The maximum absolute atomic E-state index is 11.2. The molecule has 0 unspecified atom stereocenters. The first-order chi connectivity index (χ1) is 6.25. The Kier molecular flexibility index (Phi) is 4.06. The molecule has 0 amide bonds. The highest BCUT2D eigenvalue weighted by Crippen LogP contribution is 2.22. The predicted molar refractivity (Wildman–Crippen MR) is 50.4 cm³/mol. The molecule has 0 saturated carbocycles. The van der Waals surface area contributed by atoms with E-state index in [2.05, 4.69) is 5.16 Å². The average Bonchev–Trinajstić information content (AvgIpc) is 2.02. The molecule has 0 heterocycles. The maximum atomic E-state index is 11.2. The summed E-state index contributed by atoms with van der Waals surface area (Å²) in [6.07, 6.45) is 1.90. The number of rotatable bonds is 5. The van der Waals surface area contributed by atoms with E-state index >= 15 is 0 Å². The lowest BCUT2D eigenvalue weighted by Crippen LogP contribution is -2.43. The van der Waals surface area contributed by atoms with Gasteiger partial charge in [0.15, 0.2) is 14.6 Å². The number of carboxylic acids is 1. The van der Waals surface area contributed by atoms with Crippen molar-refractivity contribution in [1.29, 1.82) is 0 Å². The number of aliphatic carboxylic acids is 1. The normalized spacial score (nSPS) is 16.7. The summed E-state index contributed by atoms with van der Waals surface area (Å²) in [5, 5.41) is 19.5. The van der Waals surface area contributed by atoms with Crippen molar-refractivity contribution in [2.75, 3.05) is 6.26 Å². The third kappa shape index (κ3) is 2.69. The first-order valence-corrected chi connectivity index (χ1v) is 5.73. The number of oxime groups is 1. The van der Waals surface area contributed by atoms with Crippen LogP contribution in [0.5, 0.6) is 0 Å². The number of carboxylic acid groups (broad SMARTS) is 1. The van der Waals surface area contributed by atoms with Crippen LogP contribution in [0, 0.1) is 0 Å². The minimum atomic E-state index is -3.69. The maximum Gasteiger partial charge on any atom is 0.324 e. The lowest BCUT2D eigenvalue weighted by atomic mass is 10.1. The largest absolute Gasteiger partial charge is 0.480 e. The Labute approximate surface area is 82.2 Å². The summed E-state index contributed by atoms with van der Waals surface area (Å²) >= 11 is 0. The van der Waals surface area contributed by atoms with Crippen molar-refractivity contribution in [2.24, 2.45) is 5.16 Å². The molecule has 1 atom stereocenters. The minimum absolute atomic E-state index is 0.0897. The highest BCUT2D eigenvalue weighted by molar-refractivity contribution is 7.92. The first-order valence-electron chi connectivity index (χ1n) is 3.84. The summed E-state index contributed by atoms with van der Waals surface area (Å²) in [7, 11) is -3.69. The second kappa shape index (κ2) is 4.41. The summed E-state index contributed by atoms with van der Waals surface area (Å²) in [5.74, 6) is -1.40. The summed E-state index contributed by atoms with van der Waals surface area (Å²) in [5.41, 5.74) is 0. The van der Waals surface area contributed by atoms with Crippen molar-refractivity contribution in [1.82, 2.24) is 0 Å². The van der Waals surface area contributed by atoms with E-state index in [1.807, 2.05) is 0 Å². The summed E-state index contributed by atoms with van der Waals surface area (Å²) in [6.45, 7) is 1.13. The highest BCUT2D eigenvalue weighted by atomic mass is 32.2. The minimum Gasteiger partial charge on any atom is -0.480 e. The molecular weight excluding hydrogens is 210 g/mol. The molecule has 0 aromatic rings. The zero-order chi connectivity index (χ0) is 11.4. The fourth-order valence-electron chi connectivity index (χ4n) is 0.849. The van der Waals surface area contributed by atoms with E-state index in [9.17, 15) is 13.2 Å². The molecule has 0 aliphatic rings. The monoisotopic (exact) mass is 223 g/mol. The lowest BCUT2D eigenvalue weighted by molar-refractivity contribution is -0.139. The van der Waals surface area contributed by atoms with Crippen LogP contribution >= 0.6 is 0 Å². The van der Waals surface area contributed by atoms with Gasteiger partial charge in [-0.15, -0.1) is 5.16 Å². The van der Waals surface area contributed by atoms with Crippen molar-refractivity contribution in [2.45, 2.75) is 24.5 Å². The van der Waals surface area contributed by atoms with Gasteiger partial charge in [-0.2, -0.15) is 0 Å². The third-order valence-electron chi connectivity index (χ3n) is 2.10. The SMILES string of the molecule is C[C@@](CCC=NO)(C(=O)O)S(C)(=O)=O. The van der Waals surface area contributed by atoms with Gasteiger partial charge in [-0.1, -0.05) is 0 Å². The Bertz CT molecular complexity index is 334. The van der Waals surface area contributed by atoms with Gasteiger partial charge >= 0.3 is 5.97 Å². The lowest BCUT2D eigenvalue weighted by Gasteiger charge is -2.21. The van der Waals surface area contributed by atoms with Gasteiger partial charge in [0.2, 0.25) is 0 Å². The van der Waals surface area contributed by atoms with Crippen molar-refractivity contribution in [3.05, 3.63) is 0 Å². The van der Waals surface area contributed by atoms with Crippen LogP contribution in [0.1, 0.15) is 19.8 Å². The van der Waals surface area contributed by atoms with Crippen LogP contribution in [0.3, 0.4) is 0 Å². The van der Waals surface area contributed by atoms with Gasteiger partial charge in [0.25, 0.3) is 0 Å². The third-order valence-corrected chi connectivity index (χ3v) is 4.12. The Morgan fingerprint density at radius 1 is 1.57 bits per heavy atom. The first kappa shape index (κ1) is 12.9. The Morgan fingerprint density at radius 3 is 2.36 bits per heavy atom. The van der Waals surface area contributed by atoms with Crippen LogP contribution in [0.25, 0.3) is 0 Å². The van der Waals surface area contributed by atoms with Crippen LogP contribution in [0.2, 0.25) is 0 Å². The zero-order valence-electron chi connectivity index (χ0n) is 7.97. The van der Waals surface area contributed by atoms with Gasteiger partial charge in [-0.3, -0.25) is 4.79 Å². The van der Waals surface area contributed by atoms with Crippen molar-refractivity contribution >= 4 is 22.0 Å². The van der Waals surface area contributed by atoms with E-state index < -0.39 is 20.6 Å². The topological polar surface area (TPSA) is 104 Å². The predicted octanol–water partition coefficient (Wildman–Crippen LogP) is 0.115. The average molecular weight is 223 g/mol. The van der Waals surface area contributed by atoms with E-state index in [-0.39, 0.29) is 12.8 Å². The number of sulfone groups is 1. The van der Waals surface area contributed by atoms with E-state index in [1.54, 1.807) is 0 Å². The summed E-state index contributed by atoms with van der Waals surface area (Å²) in [6, 6.07) is 0. The number of hydrogen-bond acceptors (Lipinski definition) is 5. The molecule has 0 saturated heterocycles. The molecule has 0 aliphatic heterocycles. The van der Waals surface area contributed by atoms with Gasteiger partial charge < -0.3 is 10.3 Å². The Balaban J connectivity index is 4.85. The number of nitrogens with zero attached hydrogens (tertiary/aromatic N) is 1. The molecule has 0 bridgehead atoms. The molecule has 82 valence electrons. The molecule has 0 aromatic carbocycles. The quantitative estimate of drug-likeness (QED) is 0.391. The number of hydrogen-bond donors (Lipinski definition) is 2. The van der Waals surface area contributed by atoms with Gasteiger partial charge in [0, 0.05) is 12.5 Å². The highest BCUT2D eigenvalue weighted by Gasteiger charge is 2.42. The standard InChI is InChI=1S/C7H13NO5S/c1-7(6(9)10,14(2,12)13)4-3-5-8-11/h5,11H,3-4H2,1-2H3,(H,9,10)/t7-/m1/s1. The van der Waals surface area contributed by atoms with Crippen LogP contribution in [0.4, 0.5) is 0 Å². The molecule has 6 nitrogen and oxygen atoms in total. The Hall–Kier alpha value is -1.11. The number of carbonyl (C=O) groups is 1. The fraction of sp³-hybridized carbons (Fsp3) is 0.714. The van der Waals surface area contributed by atoms with Crippen LogP contribution < -0.4 is 0 Å². The second-order valence-corrected chi connectivity index (χ2v) is 5.59. The van der Waals surface area contributed by atoms with Gasteiger partial charge in [0.05, 0.1) is 0 Å². The fourth-order valence-corrected chi connectivity index (χ4v) is 1.65. The van der Waals surface area contributed by atoms with Gasteiger partial charge in [0.1, 0.15) is 0 Å². The molecule has 7 heteroatoms. The summed E-state index contributed by atoms with van der Waals surface area (Å²) in [4.78, 5) is 10.8. The van der Waals surface area contributed by atoms with E-state index in [0.29, 0.717) is 0 Å². The molecule has 0 aromatic heterocycles. The van der Waals surface area contributed by atoms with Crippen molar-refractivity contribution in [3.63, 3.8) is 0 Å². The molecule has 0 radical (unpaired) electrons. The van der Waals surface area contributed by atoms with Crippen LogP contribution in [-0.4, -0.2) is 41.9 Å². The Morgan fingerprint density at radius 2 is 2.07 bits per heavy atom. The van der Waals surface area contributed by atoms with Crippen LogP contribution in [0.15, 0.2) is 5.16 Å². The second-order valence-electron chi connectivity index (χ2n) is 3.14. The van der Waals surface area contributed by atoms with E-state index in [4.69, 9.17) is 10.3 Å². The molecule has 0 spiro atoms. The molecule has 0 fully saturated rings. The molecular formula is C7H13NO5S. The van der Waals surface area contributed by atoms with Gasteiger partial charge in [-0.05, 0) is 19.8 Å². The smallest absolute Gasteiger partial charge is 0.324 e. The van der Waals surface area contributed by atoms with Crippen molar-refractivity contribution < 1.29 is 23.5 Å². The van der Waals surface area contributed by atoms with Crippen LogP contribution in [-0.2, 0) is 14.6 Å². The van der Waals surface area contributed by atoms with E-state index in [0.717, 1.165) is 19.4 Å². The zero-order valence-corrected chi connectivity index (χ0v) is 8.78. The molecule has 0 aliphatic carbocycles. The van der Waals surface area contributed by atoms with Crippen molar-refractivity contribution in [3.8, 4) is 0 Å². The molecule has 2 N–H and O–H groups in total.